The van der Waals surface area contributed by atoms with E-state index in [2.05, 4.69) is 4.98 Å². The number of carbonyl (C=O) groups excluding carboxylic acids is 1. The molecule has 1 heterocycles. The fourth-order valence-electron chi connectivity index (χ4n) is 4.13. The van der Waals surface area contributed by atoms with Crippen LogP contribution in [0.4, 0.5) is 0 Å². The second kappa shape index (κ2) is 11.5. The summed E-state index contributed by atoms with van der Waals surface area (Å²) in [6, 6.07) is 18.7. The van der Waals surface area contributed by atoms with Gasteiger partial charge in [0.1, 0.15) is 0 Å². The predicted molar refractivity (Wildman–Crippen MR) is 138 cm³/mol. The number of H-pyrrole nitrogens is 1. The summed E-state index contributed by atoms with van der Waals surface area (Å²) >= 11 is 2.00. The molecule has 0 bridgehead atoms. The second-order valence-corrected chi connectivity index (χ2v) is 8.86. The number of aromatic nitrogens is 2. The van der Waals surface area contributed by atoms with Crippen molar-refractivity contribution in [3.05, 3.63) is 108 Å². The minimum Gasteiger partial charge on any atom is -0.376 e. The van der Waals surface area contributed by atoms with Crippen molar-refractivity contribution < 1.29 is 14.3 Å². The Bertz CT molecular complexity index is 1250. The molecule has 3 atom stereocenters. The molecule has 0 unspecified atom stereocenters. The third-order valence-corrected chi connectivity index (χ3v) is 6.25. The quantitative estimate of drug-likeness (QED) is 0.394. The number of hydrogen-bond donors (Lipinski definition) is 1. The van der Waals surface area contributed by atoms with E-state index >= 15 is 0 Å². The highest BCUT2D eigenvalue weighted by atomic mass is 127. The van der Waals surface area contributed by atoms with Crippen LogP contribution in [0.5, 0.6) is 0 Å². The van der Waals surface area contributed by atoms with Gasteiger partial charge in [0, 0.05) is 12.6 Å². The van der Waals surface area contributed by atoms with Crippen LogP contribution in [0.25, 0.3) is 6.08 Å². The summed E-state index contributed by atoms with van der Waals surface area (Å²) in [7, 11) is 0. The van der Waals surface area contributed by atoms with Gasteiger partial charge in [-0.1, -0.05) is 83.3 Å². The van der Waals surface area contributed by atoms with Crippen molar-refractivity contribution in [2.45, 2.75) is 31.8 Å². The van der Waals surface area contributed by atoms with Gasteiger partial charge >= 0.3 is 5.69 Å². The van der Waals surface area contributed by atoms with Crippen molar-refractivity contribution in [3.63, 3.8) is 0 Å². The maximum absolute atomic E-state index is 13.4. The van der Waals surface area contributed by atoms with E-state index in [9.17, 15) is 14.4 Å². The van der Waals surface area contributed by atoms with Gasteiger partial charge in [-0.25, -0.2) is 4.79 Å². The van der Waals surface area contributed by atoms with Gasteiger partial charge < -0.3 is 9.47 Å². The zero-order chi connectivity index (χ0) is 23.9. The monoisotopic (exact) mass is 572 g/mol. The Labute approximate surface area is 210 Å². The SMILES string of the molecule is O=C1[C@H](COCc2ccccc2)[C@@H](OCc2ccccc2)C[C@@H]1n1cc(C=CI)c(=O)[nH]c1=O. The zero-order valence-electron chi connectivity index (χ0n) is 18.4. The van der Waals surface area contributed by atoms with Gasteiger partial charge in [-0.15, -0.1) is 0 Å². The molecule has 1 aliphatic rings. The summed E-state index contributed by atoms with van der Waals surface area (Å²) < 4.78 is 15.1. The van der Waals surface area contributed by atoms with Crippen molar-refractivity contribution in [3.8, 4) is 0 Å². The summed E-state index contributed by atoms with van der Waals surface area (Å²) in [6.45, 7) is 0.913. The van der Waals surface area contributed by atoms with Crippen LogP contribution < -0.4 is 11.2 Å². The van der Waals surface area contributed by atoms with E-state index in [1.165, 1.54) is 10.8 Å². The molecule has 0 radical (unpaired) electrons. The Balaban J connectivity index is 1.55. The normalized spacial score (nSPS) is 20.3. The fraction of sp³-hybridized carbons (Fsp3) is 0.269. The first-order valence-corrected chi connectivity index (χ1v) is 12.2. The molecular formula is C26H25IN2O5. The standard InChI is InChI=1S/C26H25IN2O5/c27-12-11-20-14-29(26(32)28-25(20)31)22-13-23(34-16-19-9-5-2-6-10-19)21(24(22)30)17-33-15-18-7-3-1-4-8-18/h1-12,14,21-23H,13,15-17H2,(H,28,31,32)/t21-,22+,23+/m1/s1. The molecule has 176 valence electrons. The number of nitrogens with zero attached hydrogens (tertiary/aromatic N) is 1. The maximum atomic E-state index is 13.4. The summed E-state index contributed by atoms with van der Waals surface area (Å²) in [4.78, 5) is 40.4. The molecule has 0 spiro atoms. The highest BCUT2D eigenvalue weighted by Crippen LogP contribution is 2.34. The van der Waals surface area contributed by atoms with Gasteiger partial charge in [0.05, 0.1) is 43.4 Å². The molecule has 1 fully saturated rings. The van der Waals surface area contributed by atoms with Gasteiger partial charge in [0.2, 0.25) is 0 Å². The Hall–Kier alpha value is -2.82. The minimum atomic E-state index is -0.739. The molecule has 0 aliphatic heterocycles. The number of rotatable bonds is 9. The molecule has 1 N–H and O–H groups in total. The highest BCUT2D eigenvalue weighted by molar-refractivity contribution is 14.1. The number of carbonyl (C=O) groups is 1. The van der Waals surface area contributed by atoms with Crippen LogP contribution >= 0.6 is 22.6 Å². The number of halogens is 1. The first kappa shape index (κ1) is 24.3. The molecule has 34 heavy (non-hydrogen) atoms. The molecular weight excluding hydrogens is 547 g/mol. The van der Waals surface area contributed by atoms with E-state index in [-0.39, 0.29) is 12.4 Å². The Morgan fingerprint density at radius 3 is 2.26 bits per heavy atom. The van der Waals surface area contributed by atoms with Crippen molar-refractivity contribution in [1.82, 2.24) is 9.55 Å². The fourth-order valence-corrected chi connectivity index (χ4v) is 4.52. The molecule has 0 saturated heterocycles. The summed E-state index contributed by atoms with van der Waals surface area (Å²) in [5.41, 5.74) is 1.23. The van der Waals surface area contributed by atoms with Crippen LogP contribution in [0, 0.1) is 5.92 Å². The third kappa shape index (κ3) is 5.81. The topological polar surface area (TPSA) is 90.4 Å². The van der Waals surface area contributed by atoms with Crippen LogP contribution in [0.1, 0.15) is 29.2 Å². The molecule has 7 nitrogen and oxygen atoms in total. The summed E-state index contributed by atoms with van der Waals surface area (Å²) in [5.74, 6) is -0.663. The van der Waals surface area contributed by atoms with Crippen molar-refractivity contribution >= 4 is 34.5 Å². The zero-order valence-corrected chi connectivity index (χ0v) is 20.6. The molecule has 8 heteroatoms. The largest absolute Gasteiger partial charge is 0.376 e. The predicted octanol–water partition coefficient (Wildman–Crippen LogP) is 3.87. The number of aromatic amines is 1. The van der Waals surface area contributed by atoms with Crippen LogP contribution in [0.3, 0.4) is 0 Å². The molecule has 2 aromatic carbocycles. The van der Waals surface area contributed by atoms with E-state index in [0.717, 1.165) is 11.1 Å². The van der Waals surface area contributed by atoms with Gasteiger partial charge in [-0.05, 0) is 21.3 Å². The maximum Gasteiger partial charge on any atom is 0.329 e. The van der Waals surface area contributed by atoms with E-state index < -0.39 is 29.3 Å². The Kier molecular flexibility index (Phi) is 8.25. The van der Waals surface area contributed by atoms with E-state index in [1.807, 2.05) is 83.3 Å². The van der Waals surface area contributed by atoms with Crippen molar-refractivity contribution in [1.29, 1.82) is 0 Å². The lowest BCUT2D eigenvalue weighted by atomic mass is 10.1. The van der Waals surface area contributed by atoms with Gasteiger partial charge in [-0.3, -0.25) is 19.1 Å². The molecule has 1 saturated carbocycles. The summed E-state index contributed by atoms with van der Waals surface area (Å²) in [5, 5.41) is 0. The lowest BCUT2D eigenvalue weighted by Crippen LogP contribution is -2.35. The number of Topliss-reactive ketones (excluding diaryl/α,β-unsaturated/α-hetero) is 1. The van der Waals surface area contributed by atoms with Gasteiger partial charge in [0.15, 0.2) is 5.78 Å². The highest BCUT2D eigenvalue weighted by Gasteiger charge is 2.44. The number of hydrogen-bond acceptors (Lipinski definition) is 5. The smallest absolute Gasteiger partial charge is 0.329 e. The average molecular weight is 572 g/mol. The summed E-state index contributed by atoms with van der Waals surface area (Å²) in [6.07, 6.45) is 2.94. The van der Waals surface area contributed by atoms with Gasteiger partial charge in [-0.2, -0.15) is 0 Å². The van der Waals surface area contributed by atoms with Crippen LogP contribution in [0.2, 0.25) is 0 Å². The molecule has 1 aliphatic carbocycles. The lowest BCUT2D eigenvalue weighted by molar-refractivity contribution is -0.128. The van der Waals surface area contributed by atoms with E-state index in [0.29, 0.717) is 25.2 Å². The second-order valence-electron chi connectivity index (χ2n) is 8.14. The molecule has 1 aromatic heterocycles. The minimum absolute atomic E-state index is 0.135. The number of ether oxygens (including phenoxy) is 2. The Morgan fingerprint density at radius 1 is 0.971 bits per heavy atom. The Morgan fingerprint density at radius 2 is 1.62 bits per heavy atom. The average Bonchev–Trinajstić information content (AvgIpc) is 3.16. The molecule has 0 amide bonds. The first-order valence-electron chi connectivity index (χ1n) is 11.0. The number of benzene rings is 2. The number of ketones is 1. The van der Waals surface area contributed by atoms with Crippen molar-refractivity contribution in [2.24, 2.45) is 5.92 Å². The van der Waals surface area contributed by atoms with E-state index in [4.69, 9.17) is 9.47 Å². The van der Waals surface area contributed by atoms with E-state index in [1.54, 1.807) is 10.2 Å². The number of nitrogens with one attached hydrogen (secondary N) is 1. The molecule has 3 aromatic rings. The first-order chi connectivity index (χ1) is 16.6. The van der Waals surface area contributed by atoms with Crippen LogP contribution in [-0.2, 0) is 27.5 Å². The van der Waals surface area contributed by atoms with Gasteiger partial charge in [0.25, 0.3) is 5.56 Å². The third-order valence-electron chi connectivity index (χ3n) is 5.89. The van der Waals surface area contributed by atoms with Crippen LogP contribution in [0.15, 0.2) is 80.5 Å². The molecule has 4 rings (SSSR count). The van der Waals surface area contributed by atoms with Crippen molar-refractivity contribution in [2.75, 3.05) is 6.61 Å². The van der Waals surface area contributed by atoms with Crippen LogP contribution in [-0.4, -0.2) is 28.0 Å². The lowest BCUT2D eigenvalue weighted by Gasteiger charge is -2.19.